The molecule has 5 heteroatoms. The van der Waals surface area contributed by atoms with Gasteiger partial charge in [-0.2, -0.15) is 0 Å². The molecular formula is C5H12O4Si. The third kappa shape index (κ3) is 2.93. The van der Waals surface area contributed by atoms with E-state index in [-0.39, 0.29) is 0 Å². The van der Waals surface area contributed by atoms with Gasteiger partial charge in [-0.25, -0.2) is 0 Å². The second kappa shape index (κ2) is 3.11. The van der Waals surface area contributed by atoms with Crippen molar-refractivity contribution >= 4 is 9.17 Å². The Morgan fingerprint density at radius 2 is 2.00 bits per heavy atom. The average Bonchev–Trinajstić information content (AvgIpc) is 1.60. The Hall–Kier alpha value is -0.423. The van der Waals surface area contributed by atoms with Crippen molar-refractivity contribution in [3.8, 4) is 0 Å². The van der Waals surface area contributed by atoms with Crippen LogP contribution in [0.1, 0.15) is 20.8 Å². The van der Waals surface area contributed by atoms with Gasteiger partial charge in [0.15, 0.2) is 0 Å². The standard InChI is InChI=1S/C5H12O4Si/c1-4(6)5(2,3)9-10(7)8/h4,6-7H,1-3H3. The molecule has 0 aromatic rings. The summed E-state index contributed by atoms with van der Waals surface area (Å²) in [4.78, 5) is 8.35. The summed E-state index contributed by atoms with van der Waals surface area (Å²) in [6, 6.07) is 0. The molecule has 1 atom stereocenters. The van der Waals surface area contributed by atoms with Crippen LogP contribution in [0.2, 0.25) is 0 Å². The first kappa shape index (κ1) is 9.58. The maximum Gasteiger partial charge on any atom is 0.765 e. The Labute approximate surface area is 61.4 Å². The van der Waals surface area contributed by atoms with E-state index in [0.29, 0.717) is 0 Å². The van der Waals surface area contributed by atoms with Gasteiger partial charge < -0.3 is 14.3 Å². The molecule has 0 aliphatic carbocycles. The van der Waals surface area contributed by atoms with Gasteiger partial charge >= 0.3 is 9.17 Å². The molecule has 0 aliphatic rings. The molecule has 0 aromatic carbocycles. The first-order chi connectivity index (χ1) is 4.36. The zero-order valence-corrected chi connectivity index (χ0v) is 7.29. The van der Waals surface area contributed by atoms with Gasteiger partial charge in [-0.1, -0.05) is 0 Å². The monoisotopic (exact) mass is 164 g/mol. The molecule has 0 amide bonds. The van der Waals surface area contributed by atoms with Crippen LogP contribution in [-0.2, 0) is 8.89 Å². The third-order valence-electron chi connectivity index (χ3n) is 1.36. The molecule has 0 saturated carbocycles. The van der Waals surface area contributed by atoms with Crippen LogP contribution in [0.3, 0.4) is 0 Å². The molecule has 1 unspecified atom stereocenters. The maximum atomic E-state index is 10.2. The summed E-state index contributed by atoms with van der Waals surface area (Å²) >= 11 is 0. The predicted octanol–water partition coefficient (Wildman–Crippen LogP) is -0.430. The summed E-state index contributed by atoms with van der Waals surface area (Å²) in [5.74, 6) is 0. The molecule has 2 N–H and O–H groups in total. The lowest BCUT2D eigenvalue weighted by Crippen LogP contribution is -2.39. The summed E-state index contributed by atoms with van der Waals surface area (Å²) in [5.41, 5.74) is -0.940. The second-order valence-electron chi connectivity index (χ2n) is 2.65. The number of rotatable bonds is 3. The molecule has 0 fully saturated rings. The molecular weight excluding hydrogens is 152 g/mol. The summed E-state index contributed by atoms with van der Waals surface area (Å²) in [5, 5.41) is 8.97. The zero-order chi connectivity index (χ0) is 8.36. The molecule has 0 bridgehead atoms. The zero-order valence-electron chi connectivity index (χ0n) is 6.29. The first-order valence-corrected chi connectivity index (χ1v) is 4.22. The average molecular weight is 164 g/mol. The fourth-order valence-electron chi connectivity index (χ4n) is 0.310. The van der Waals surface area contributed by atoms with E-state index in [0.717, 1.165) is 0 Å². The van der Waals surface area contributed by atoms with Crippen LogP contribution < -0.4 is 0 Å². The number of aliphatic hydroxyl groups excluding tert-OH is 1. The Balaban J connectivity index is 3.99. The van der Waals surface area contributed by atoms with Crippen molar-refractivity contribution in [2.75, 3.05) is 0 Å². The van der Waals surface area contributed by atoms with E-state index in [1.54, 1.807) is 13.8 Å². The SMILES string of the molecule is CC(O)C(C)(C)O[Si](=O)O. The van der Waals surface area contributed by atoms with Crippen molar-refractivity contribution in [2.24, 2.45) is 0 Å². The highest BCUT2D eigenvalue weighted by molar-refractivity contribution is 6.24. The van der Waals surface area contributed by atoms with Crippen molar-refractivity contribution in [1.82, 2.24) is 0 Å². The fraction of sp³-hybridized carbons (Fsp3) is 1.00. The van der Waals surface area contributed by atoms with Crippen LogP contribution in [0.4, 0.5) is 0 Å². The Morgan fingerprint density at radius 3 is 2.10 bits per heavy atom. The summed E-state index contributed by atoms with van der Waals surface area (Å²) in [6.07, 6.45) is -0.756. The number of hydrogen-bond donors (Lipinski definition) is 2. The highest BCUT2D eigenvalue weighted by Gasteiger charge is 2.29. The molecule has 0 aliphatic heterocycles. The van der Waals surface area contributed by atoms with E-state index in [9.17, 15) is 4.46 Å². The van der Waals surface area contributed by atoms with Crippen LogP contribution in [0.25, 0.3) is 0 Å². The smallest absolute Gasteiger partial charge is 0.511 e. The molecule has 0 rings (SSSR count). The van der Waals surface area contributed by atoms with Gasteiger partial charge in [-0.15, -0.1) is 0 Å². The molecule has 4 nitrogen and oxygen atoms in total. The summed E-state index contributed by atoms with van der Waals surface area (Å²) < 4.78 is 14.7. The Kier molecular flexibility index (Phi) is 2.98. The molecule has 0 radical (unpaired) electrons. The lowest BCUT2D eigenvalue weighted by molar-refractivity contribution is -0.0351. The van der Waals surface area contributed by atoms with Gasteiger partial charge in [0.1, 0.15) is 5.60 Å². The van der Waals surface area contributed by atoms with Crippen molar-refractivity contribution in [2.45, 2.75) is 32.5 Å². The fourth-order valence-corrected chi connectivity index (χ4v) is 0.931. The number of hydrogen-bond acceptors (Lipinski definition) is 3. The van der Waals surface area contributed by atoms with Gasteiger partial charge in [-0.05, 0) is 20.8 Å². The lowest BCUT2D eigenvalue weighted by Gasteiger charge is -2.26. The molecule has 0 saturated heterocycles. The van der Waals surface area contributed by atoms with Crippen LogP contribution >= 0.6 is 0 Å². The van der Waals surface area contributed by atoms with Crippen LogP contribution in [-0.4, -0.2) is 30.8 Å². The lowest BCUT2D eigenvalue weighted by atomic mass is 10.0. The van der Waals surface area contributed by atoms with E-state index in [4.69, 9.17) is 9.90 Å². The van der Waals surface area contributed by atoms with Gasteiger partial charge in [0, 0.05) is 0 Å². The van der Waals surface area contributed by atoms with Crippen molar-refractivity contribution in [3.63, 3.8) is 0 Å². The van der Waals surface area contributed by atoms with Crippen LogP contribution in [0.15, 0.2) is 0 Å². The molecule has 0 heterocycles. The molecule has 0 aromatic heterocycles. The van der Waals surface area contributed by atoms with Gasteiger partial charge in [0.2, 0.25) is 0 Å². The second-order valence-corrected chi connectivity index (χ2v) is 3.38. The van der Waals surface area contributed by atoms with E-state index in [2.05, 4.69) is 4.43 Å². The van der Waals surface area contributed by atoms with E-state index >= 15 is 0 Å². The number of aliphatic hydroxyl groups is 1. The minimum atomic E-state index is -2.95. The minimum Gasteiger partial charge on any atom is -0.511 e. The minimum absolute atomic E-state index is 0.756. The Bertz CT molecular complexity index is 132. The van der Waals surface area contributed by atoms with E-state index in [1.807, 2.05) is 0 Å². The van der Waals surface area contributed by atoms with Gasteiger partial charge in [0.05, 0.1) is 6.10 Å². The van der Waals surface area contributed by atoms with Gasteiger partial charge in [-0.3, -0.25) is 4.46 Å². The topological polar surface area (TPSA) is 66.8 Å². The highest BCUT2D eigenvalue weighted by atomic mass is 28.3. The van der Waals surface area contributed by atoms with Crippen LogP contribution in [0.5, 0.6) is 0 Å². The third-order valence-corrected chi connectivity index (χ3v) is 2.06. The highest BCUT2D eigenvalue weighted by Crippen LogP contribution is 2.13. The quantitative estimate of drug-likeness (QED) is 0.555. The molecule has 0 spiro atoms. The van der Waals surface area contributed by atoms with Crippen molar-refractivity contribution in [3.05, 3.63) is 0 Å². The van der Waals surface area contributed by atoms with E-state index < -0.39 is 20.9 Å². The molecule has 60 valence electrons. The normalized spacial score (nSPS) is 14.4. The Morgan fingerprint density at radius 1 is 1.60 bits per heavy atom. The summed E-state index contributed by atoms with van der Waals surface area (Å²) in [6.45, 7) is 4.61. The van der Waals surface area contributed by atoms with Gasteiger partial charge in [0.25, 0.3) is 0 Å². The molecule has 10 heavy (non-hydrogen) atoms. The van der Waals surface area contributed by atoms with Crippen molar-refractivity contribution < 1.29 is 18.8 Å². The van der Waals surface area contributed by atoms with Crippen LogP contribution in [0, 0.1) is 0 Å². The first-order valence-electron chi connectivity index (χ1n) is 2.96. The van der Waals surface area contributed by atoms with E-state index in [1.165, 1.54) is 6.92 Å². The maximum absolute atomic E-state index is 10.2. The summed E-state index contributed by atoms with van der Waals surface area (Å²) in [7, 11) is -2.95. The van der Waals surface area contributed by atoms with Crippen molar-refractivity contribution in [1.29, 1.82) is 0 Å². The predicted molar refractivity (Wildman–Crippen MR) is 35.5 cm³/mol. The largest absolute Gasteiger partial charge is 0.765 e.